The van der Waals surface area contributed by atoms with E-state index in [9.17, 15) is 0 Å². The normalized spacial score (nSPS) is 9.47. The number of ether oxygens (including phenoxy) is 1. The molecule has 0 aliphatic carbocycles. The van der Waals surface area contributed by atoms with E-state index in [0.29, 0.717) is 29.5 Å². The third kappa shape index (κ3) is 3.67. The summed E-state index contributed by atoms with van der Waals surface area (Å²) in [6.45, 7) is 0.478. The van der Waals surface area contributed by atoms with Gasteiger partial charge in [-0.15, -0.1) is 0 Å². The molecule has 15 heavy (non-hydrogen) atoms. The van der Waals surface area contributed by atoms with Gasteiger partial charge in [0.15, 0.2) is 0 Å². The van der Waals surface area contributed by atoms with Gasteiger partial charge in [0, 0.05) is 23.6 Å². The zero-order valence-electron chi connectivity index (χ0n) is 7.93. The molecule has 80 valence electrons. The van der Waals surface area contributed by atoms with E-state index in [1.54, 1.807) is 12.1 Å². The van der Waals surface area contributed by atoms with Crippen molar-refractivity contribution in [3.8, 4) is 5.75 Å². The lowest BCUT2D eigenvalue weighted by molar-refractivity contribution is 0.233. The maximum absolute atomic E-state index is 8.56. The maximum atomic E-state index is 8.56. The number of aliphatic hydroxyl groups is 1. The van der Waals surface area contributed by atoms with Crippen LogP contribution in [-0.2, 0) is 0 Å². The molecule has 0 unspecified atom stereocenters. The topological polar surface area (TPSA) is 78.2 Å². The van der Waals surface area contributed by atoms with Crippen molar-refractivity contribution < 1.29 is 9.84 Å². The lowest BCUT2D eigenvalue weighted by Crippen LogP contribution is -1.99. The van der Waals surface area contributed by atoms with Crippen molar-refractivity contribution in [1.29, 1.82) is 0 Å². The molecule has 0 saturated carbocycles. The van der Waals surface area contributed by atoms with Crippen LogP contribution >= 0.6 is 11.6 Å². The number of hydrogen-bond acceptors (Lipinski definition) is 3. The second-order valence-electron chi connectivity index (χ2n) is 2.73. The minimum Gasteiger partial charge on any atom is -0.492 e. The van der Waals surface area contributed by atoms with Crippen LogP contribution in [0.25, 0.3) is 10.4 Å². The van der Waals surface area contributed by atoms with Crippen molar-refractivity contribution in [3.05, 3.63) is 33.7 Å². The first-order valence-corrected chi connectivity index (χ1v) is 4.74. The highest BCUT2D eigenvalue weighted by molar-refractivity contribution is 6.32. The first-order valence-electron chi connectivity index (χ1n) is 4.36. The molecule has 0 atom stereocenters. The van der Waals surface area contributed by atoms with Gasteiger partial charge in [-0.2, -0.15) is 0 Å². The third-order valence-electron chi connectivity index (χ3n) is 1.64. The molecular weight excluding hydrogens is 218 g/mol. The highest BCUT2D eigenvalue weighted by Gasteiger charge is 2.01. The fourth-order valence-electron chi connectivity index (χ4n) is 0.967. The quantitative estimate of drug-likeness (QED) is 0.363. The largest absolute Gasteiger partial charge is 0.492 e. The SMILES string of the molecule is [N-]=[N+]=Nc1ccc(OCCCO)c(Cl)c1. The summed E-state index contributed by atoms with van der Waals surface area (Å²) >= 11 is 5.87. The Balaban J connectivity index is 2.70. The number of rotatable bonds is 5. The maximum Gasteiger partial charge on any atom is 0.137 e. The van der Waals surface area contributed by atoms with E-state index in [4.69, 9.17) is 27.0 Å². The minimum atomic E-state index is 0.0778. The highest BCUT2D eigenvalue weighted by atomic mass is 35.5. The molecule has 0 aromatic heterocycles. The van der Waals surface area contributed by atoms with Crippen molar-refractivity contribution in [2.24, 2.45) is 5.11 Å². The van der Waals surface area contributed by atoms with Crippen LogP contribution in [0.15, 0.2) is 23.3 Å². The first-order chi connectivity index (χ1) is 7.27. The van der Waals surface area contributed by atoms with Gasteiger partial charge in [0.25, 0.3) is 0 Å². The molecule has 6 heteroatoms. The van der Waals surface area contributed by atoms with E-state index >= 15 is 0 Å². The molecule has 5 nitrogen and oxygen atoms in total. The fourth-order valence-corrected chi connectivity index (χ4v) is 1.20. The van der Waals surface area contributed by atoms with Crippen molar-refractivity contribution in [2.45, 2.75) is 6.42 Å². The summed E-state index contributed by atoms with van der Waals surface area (Å²) in [4.78, 5) is 2.64. The Labute approximate surface area is 91.9 Å². The van der Waals surface area contributed by atoms with Gasteiger partial charge in [0.05, 0.1) is 11.6 Å². The van der Waals surface area contributed by atoms with Crippen molar-refractivity contribution in [1.82, 2.24) is 0 Å². The van der Waals surface area contributed by atoms with Crippen LogP contribution in [0, 0.1) is 0 Å². The summed E-state index contributed by atoms with van der Waals surface area (Å²) < 4.78 is 5.28. The molecule has 0 bridgehead atoms. The molecule has 1 rings (SSSR count). The van der Waals surface area contributed by atoms with Gasteiger partial charge in [-0.25, -0.2) is 0 Å². The van der Waals surface area contributed by atoms with Crippen LogP contribution in [0.3, 0.4) is 0 Å². The average molecular weight is 228 g/mol. The van der Waals surface area contributed by atoms with E-state index in [1.807, 2.05) is 0 Å². The monoisotopic (exact) mass is 227 g/mol. The molecule has 0 amide bonds. The number of aliphatic hydroxyl groups excluding tert-OH is 1. The van der Waals surface area contributed by atoms with Gasteiger partial charge in [-0.3, -0.25) is 0 Å². The summed E-state index contributed by atoms with van der Waals surface area (Å²) in [6, 6.07) is 4.76. The zero-order valence-corrected chi connectivity index (χ0v) is 8.68. The molecular formula is C9H10ClN3O2. The van der Waals surface area contributed by atoms with Crippen molar-refractivity contribution in [3.63, 3.8) is 0 Å². The molecule has 0 heterocycles. The van der Waals surface area contributed by atoms with Gasteiger partial charge >= 0.3 is 0 Å². The number of nitrogens with zero attached hydrogens (tertiary/aromatic N) is 3. The molecule has 0 aliphatic heterocycles. The Kier molecular flexibility index (Phi) is 4.77. The van der Waals surface area contributed by atoms with E-state index in [0.717, 1.165) is 0 Å². The Morgan fingerprint density at radius 1 is 1.53 bits per heavy atom. The number of hydrogen-bond donors (Lipinski definition) is 1. The smallest absolute Gasteiger partial charge is 0.137 e. The Morgan fingerprint density at radius 3 is 2.93 bits per heavy atom. The zero-order chi connectivity index (χ0) is 11.1. The van der Waals surface area contributed by atoms with E-state index in [2.05, 4.69) is 10.0 Å². The standard InChI is InChI=1S/C9H10ClN3O2/c10-8-6-7(12-13-11)2-3-9(8)15-5-1-4-14/h2-3,6,14H,1,4-5H2. The van der Waals surface area contributed by atoms with Gasteiger partial charge in [0.2, 0.25) is 0 Å². The van der Waals surface area contributed by atoms with Gasteiger partial charge < -0.3 is 9.84 Å². The third-order valence-corrected chi connectivity index (χ3v) is 1.93. The molecule has 0 aliphatic rings. The summed E-state index contributed by atoms with van der Waals surface area (Å²) in [5.41, 5.74) is 8.65. The Morgan fingerprint density at radius 2 is 2.33 bits per heavy atom. The summed E-state index contributed by atoms with van der Waals surface area (Å²) in [6.07, 6.45) is 0.550. The molecule has 0 saturated heterocycles. The van der Waals surface area contributed by atoms with Gasteiger partial charge in [-0.1, -0.05) is 16.7 Å². The molecule has 0 radical (unpaired) electrons. The fraction of sp³-hybridized carbons (Fsp3) is 0.333. The average Bonchev–Trinajstić information content (AvgIpc) is 2.22. The lowest BCUT2D eigenvalue weighted by Gasteiger charge is -2.07. The Hall–Kier alpha value is -1.42. The molecule has 0 spiro atoms. The number of benzene rings is 1. The van der Waals surface area contributed by atoms with Crippen molar-refractivity contribution >= 4 is 17.3 Å². The molecule has 0 fully saturated rings. The van der Waals surface area contributed by atoms with Crippen LogP contribution in [0.4, 0.5) is 5.69 Å². The van der Waals surface area contributed by atoms with Gasteiger partial charge in [0.1, 0.15) is 5.75 Å². The molecule has 1 aromatic carbocycles. The van der Waals surface area contributed by atoms with E-state index < -0.39 is 0 Å². The summed E-state index contributed by atoms with van der Waals surface area (Å²) in [5.74, 6) is 0.516. The molecule has 1 aromatic rings. The minimum absolute atomic E-state index is 0.0778. The van der Waals surface area contributed by atoms with E-state index in [-0.39, 0.29) is 6.61 Å². The van der Waals surface area contributed by atoms with Crippen LogP contribution < -0.4 is 4.74 Å². The van der Waals surface area contributed by atoms with Crippen LogP contribution in [0.2, 0.25) is 5.02 Å². The Bertz CT molecular complexity index is 378. The van der Waals surface area contributed by atoms with Crippen LogP contribution in [0.1, 0.15) is 6.42 Å². The first kappa shape index (κ1) is 11.7. The summed E-state index contributed by atoms with van der Waals surface area (Å²) in [7, 11) is 0. The van der Waals surface area contributed by atoms with Gasteiger partial charge in [-0.05, 0) is 23.7 Å². The lowest BCUT2D eigenvalue weighted by atomic mass is 10.3. The highest BCUT2D eigenvalue weighted by Crippen LogP contribution is 2.29. The predicted molar refractivity (Wildman–Crippen MR) is 57.5 cm³/mol. The number of azide groups is 1. The predicted octanol–water partition coefficient (Wildman–Crippen LogP) is 3.04. The van der Waals surface area contributed by atoms with Crippen LogP contribution in [-0.4, -0.2) is 18.3 Å². The number of halogens is 1. The second-order valence-corrected chi connectivity index (χ2v) is 3.14. The van der Waals surface area contributed by atoms with Crippen molar-refractivity contribution in [2.75, 3.05) is 13.2 Å². The second kappa shape index (κ2) is 6.14. The van der Waals surface area contributed by atoms with Crippen LogP contribution in [0.5, 0.6) is 5.75 Å². The summed E-state index contributed by atoms with van der Waals surface area (Å²) in [5, 5.41) is 12.4. The van der Waals surface area contributed by atoms with E-state index in [1.165, 1.54) is 6.07 Å². The molecule has 1 N–H and O–H groups in total.